The van der Waals surface area contributed by atoms with Crippen LogP contribution in [0.3, 0.4) is 0 Å². The van der Waals surface area contributed by atoms with Crippen molar-refractivity contribution in [1.82, 2.24) is 5.32 Å². The highest BCUT2D eigenvalue weighted by molar-refractivity contribution is 7.80. The van der Waals surface area contributed by atoms with E-state index < -0.39 is 0 Å². The molecular formula is C6H15N3S. The fourth-order valence-electron chi connectivity index (χ4n) is 0.529. The summed E-state index contributed by atoms with van der Waals surface area (Å²) in [5, 5.41) is 2.92. The van der Waals surface area contributed by atoms with Gasteiger partial charge in [0.2, 0.25) is 0 Å². The van der Waals surface area contributed by atoms with Crippen LogP contribution in [0.15, 0.2) is 4.99 Å². The van der Waals surface area contributed by atoms with Crippen LogP contribution in [0.1, 0.15) is 20.8 Å². The minimum absolute atomic E-state index is 0.0579. The smallest absolute Gasteiger partial charge is 0.189 e. The van der Waals surface area contributed by atoms with E-state index in [9.17, 15) is 0 Å². The van der Waals surface area contributed by atoms with Crippen molar-refractivity contribution in [2.45, 2.75) is 32.2 Å². The van der Waals surface area contributed by atoms with Gasteiger partial charge in [-0.2, -0.15) is 12.6 Å². The first-order valence-corrected chi connectivity index (χ1v) is 3.82. The molecule has 0 aliphatic rings. The van der Waals surface area contributed by atoms with E-state index in [1.807, 2.05) is 20.8 Å². The Balaban J connectivity index is 3.71. The Hall–Kier alpha value is -0.380. The SMILES string of the molecule is CC(C)N=C(N)NC(C)S. The lowest BCUT2D eigenvalue weighted by Gasteiger charge is -2.08. The second kappa shape index (κ2) is 4.44. The van der Waals surface area contributed by atoms with Gasteiger partial charge in [-0.3, -0.25) is 4.99 Å². The van der Waals surface area contributed by atoms with Gasteiger partial charge in [0, 0.05) is 6.04 Å². The molecule has 10 heavy (non-hydrogen) atoms. The van der Waals surface area contributed by atoms with Gasteiger partial charge in [-0.25, -0.2) is 0 Å². The third-order valence-corrected chi connectivity index (χ3v) is 0.883. The third-order valence-electron chi connectivity index (χ3n) is 0.754. The Labute approximate surface area is 67.5 Å². The van der Waals surface area contributed by atoms with Crippen molar-refractivity contribution in [3.63, 3.8) is 0 Å². The Kier molecular flexibility index (Phi) is 4.27. The van der Waals surface area contributed by atoms with E-state index in [2.05, 4.69) is 22.9 Å². The lowest BCUT2D eigenvalue weighted by atomic mass is 10.4. The highest BCUT2D eigenvalue weighted by atomic mass is 32.1. The summed E-state index contributed by atoms with van der Waals surface area (Å²) in [5.74, 6) is 0.456. The number of nitrogens with zero attached hydrogens (tertiary/aromatic N) is 1. The first kappa shape index (κ1) is 9.62. The molecule has 0 saturated heterocycles. The molecule has 0 aliphatic heterocycles. The van der Waals surface area contributed by atoms with Gasteiger partial charge < -0.3 is 11.1 Å². The highest BCUT2D eigenvalue weighted by Crippen LogP contribution is 1.87. The van der Waals surface area contributed by atoms with Crippen molar-refractivity contribution in [2.75, 3.05) is 0 Å². The summed E-state index contributed by atoms with van der Waals surface area (Å²) in [7, 11) is 0. The van der Waals surface area contributed by atoms with E-state index in [4.69, 9.17) is 5.73 Å². The summed E-state index contributed by atoms with van der Waals surface area (Å²) in [6.07, 6.45) is 0. The van der Waals surface area contributed by atoms with Crippen LogP contribution in [0.25, 0.3) is 0 Å². The molecule has 60 valence electrons. The molecule has 0 fully saturated rings. The van der Waals surface area contributed by atoms with Gasteiger partial charge in [0.05, 0.1) is 5.37 Å². The number of aliphatic imine (C=N–C) groups is 1. The van der Waals surface area contributed by atoms with Crippen LogP contribution in [0.5, 0.6) is 0 Å². The van der Waals surface area contributed by atoms with Gasteiger partial charge in [-0.15, -0.1) is 0 Å². The molecule has 0 aromatic rings. The van der Waals surface area contributed by atoms with E-state index in [-0.39, 0.29) is 11.4 Å². The summed E-state index contributed by atoms with van der Waals surface area (Å²) < 4.78 is 0. The first-order chi connectivity index (χ1) is 4.52. The molecule has 0 rings (SSSR count). The van der Waals surface area contributed by atoms with Crippen molar-refractivity contribution in [1.29, 1.82) is 0 Å². The predicted molar refractivity (Wildman–Crippen MR) is 48.3 cm³/mol. The number of nitrogens with two attached hydrogens (primary N) is 1. The van der Waals surface area contributed by atoms with Crippen LogP contribution in [0.4, 0.5) is 0 Å². The van der Waals surface area contributed by atoms with Gasteiger partial charge in [0.15, 0.2) is 5.96 Å². The largest absolute Gasteiger partial charge is 0.370 e. The van der Waals surface area contributed by atoms with E-state index in [1.54, 1.807) is 0 Å². The van der Waals surface area contributed by atoms with Crippen molar-refractivity contribution >= 4 is 18.6 Å². The molecule has 0 radical (unpaired) electrons. The molecule has 0 aromatic heterocycles. The van der Waals surface area contributed by atoms with Gasteiger partial charge in [0.25, 0.3) is 0 Å². The van der Waals surface area contributed by atoms with Crippen molar-refractivity contribution in [3.8, 4) is 0 Å². The number of nitrogens with one attached hydrogen (secondary N) is 1. The predicted octanol–water partition coefficient (Wildman–Crippen LogP) is 0.575. The highest BCUT2D eigenvalue weighted by Gasteiger charge is 1.95. The summed E-state index contributed by atoms with van der Waals surface area (Å²) >= 11 is 4.09. The topological polar surface area (TPSA) is 50.4 Å². The number of hydrogen-bond donors (Lipinski definition) is 3. The van der Waals surface area contributed by atoms with E-state index in [1.165, 1.54) is 0 Å². The standard InChI is InChI=1S/C6H15N3S/c1-4(2)8-6(7)9-5(3)10/h4-5,10H,1-3H3,(H3,7,8,9). The van der Waals surface area contributed by atoms with Crippen LogP contribution in [0, 0.1) is 0 Å². The van der Waals surface area contributed by atoms with Crippen LogP contribution in [-0.4, -0.2) is 17.4 Å². The molecule has 0 spiro atoms. The molecule has 0 saturated carbocycles. The lowest BCUT2D eigenvalue weighted by molar-refractivity contribution is 0.802. The molecule has 0 aromatic carbocycles. The first-order valence-electron chi connectivity index (χ1n) is 3.30. The summed E-state index contributed by atoms with van der Waals surface area (Å²) in [6, 6.07) is 0.236. The molecule has 4 heteroatoms. The lowest BCUT2D eigenvalue weighted by Crippen LogP contribution is -2.36. The minimum atomic E-state index is 0.0579. The normalized spacial score (nSPS) is 15.5. The van der Waals surface area contributed by atoms with Gasteiger partial charge in [-0.1, -0.05) is 0 Å². The maximum absolute atomic E-state index is 5.47. The Morgan fingerprint density at radius 1 is 1.50 bits per heavy atom. The monoisotopic (exact) mass is 161 g/mol. The molecule has 1 unspecified atom stereocenters. The average Bonchev–Trinajstić information content (AvgIpc) is 1.58. The second-order valence-electron chi connectivity index (χ2n) is 2.43. The molecule has 0 heterocycles. The van der Waals surface area contributed by atoms with Crippen LogP contribution in [-0.2, 0) is 0 Å². The van der Waals surface area contributed by atoms with Crippen molar-refractivity contribution in [3.05, 3.63) is 0 Å². The van der Waals surface area contributed by atoms with Crippen molar-refractivity contribution in [2.24, 2.45) is 10.7 Å². The van der Waals surface area contributed by atoms with Crippen LogP contribution < -0.4 is 11.1 Å². The molecule has 0 aliphatic carbocycles. The van der Waals surface area contributed by atoms with E-state index >= 15 is 0 Å². The summed E-state index contributed by atoms with van der Waals surface area (Å²) in [6.45, 7) is 5.83. The number of thiol groups is 1. The number of guanidine groups is 1. The van der Waals surface area contributed by atoms with E-state index in [0.717, 1.165) is 0 Å². The third kappa shape index (κ3) is 5.75. The summed E-state index contributed by atoms with van der Waals surface area (Å²) in [4.78, 5) is 4.05. The molecule has 3 N–H and O–H groups in total. The van der Waals surface area contributed by atoms with Gasteiger partial charge in [0.1, 0.15) is 0 Å². The zero-order chi connectivity index (χ0) is 8.15. The number of rotatable bonds is 2. The van der Waals surface area contributed by atoms with E-state index in [0.29, 0.717) is 5.96 Å². The zero-order valence-corrected chi connectivity index (χ0v) is 7.52. The average molecular weight is 161 g/mol. The quantitative estimate of drug-likeness (QED) is 0.240. The zero-order valence-electron chi connectivity index (χ0n) is 6.63. The van der Waals surface area contributed by atoms with Crippen LogP contribution >= 0.6 is 12.6 Å². The molecule has 3 nitrogen and oxygen atoms in total. The van der Waals surface area contributed by atoms with Gasteiger partial charge >= 0.3 is 0 Å². The Bertz CT molecular complexity index is 120. The second-order valence-corrected chi connectivity index (χ2v) is 3.20. The molecule has 1 atom stereocenters. The fourth-order valence-corrected chi connectivity index (χ4v) is 0.662. The minimum Gasteiger partial charge on any atom is -0.370 e. The van der Waals surface area contributed by atoms with Gasteiger partial charge in [-0.05, 0) is 20.8 Å². The summed E-state index contributed by atoms with van der Waals surface area (Å²) in [5.41, 5.74) is 5.47. The Morgan fingerprint density at radius 3 is 2.30 bits per heavy atom. The maximum Gasteiger partial charge on any atom is 0.189 e. The molecule has 0 bridgehead atoms. The fraction of sp³-hybridized carbons (Fsp3) is 0.833. The molecular weight excluding hydrogens is 146 g/mol. The van der Waals surface area contributed by atoms with Crippen LogP contribution in [0.2, 0.25) is 0 Å². The van der Waals surface area contributed by atoms with Crippen molar-refractivity contribution < 1.29 is 0 Å². The Morgan fingerprint density at radius 2 is 2.00 bits per heavy atom. The maximum atomic E-state index is 5.47. The molecule has 0 amide bonds. The number of hydrogen-bond acceptors (Lipinski definition) is 2.